The molecule has 1 atom stereocenters. The lowest BCUT2D eigenvalue weighted by Gasteiger charge is -2.21. The van der Waals surface area contributed by atoms with Gasteiger partial charge in [-0.1, -0.05) is 6.58 Å². The molecule has 1 aromatic rings. The topological polar surface area (TPSA) is 75.6 Å². The Balaban J connectivity index is 3.47. The van der Waals surface area contributed by atoms with Crippen LogP contribution in [0, 0.1) is 0 Å². The Morgan fingerprint density at radius 1 is 1.00 bits per heavy atom. The van der Waals surface area contributed by atoms with E-state index in [1.165, 1.54) is 14.2 Å². The number of allylic oxidation sites excluding steroid dienone is 2. The average molecular weight is 394 g/mol. The van der Waals surface area contributed by atoms with Crippen LogP contribution < -0.4 is 14.2 Å². The Morgan fingerprint density at radius 3 is 2.18 bits per heavy atom. The lowest BCUT2D eigenvalue weighted by Crippen LogP contribution is -2.08. The van der Waals surface area contributed by atoms with Crippen LogP contribution in [0.5, 0.6) is 17.2 Å². The van der Waals surface area contributed by atoms with E-state index in [0.717, 1.165) is 0 Å². The molecule has 0 fully saturated rings. The normalized spacial score (nSPS) is 13.0. The first-order chi connectivity index (χ1) is 13.5. The molecular weight excluding hydrogens is 364 g/mol. The predicted molar refractivity (Wildman–Crippen MR) is 107 cm³/mol. The maximum absolute atomic E-state index is 11.1. The van der Waals surface area contributed by atoms with Crippen LogP contribution in [0.3, 0.4) is 0 Å². The number of hydrogen-bond donors (Lipinski definition) is 1. The van der Waals surface area contributed by atoms with Crippen molar-refractivity contribution in [2.75, 3.05) is 48.8 Å². The van der Waals surface area contributed by atoms with E-state index in [4.69, 9.17) is 28.4 Å². The average Bonchev–Trinajstić information content (AvgIpc) is 2.72. The molecule has 0 saturated heterocycles. The van der Waals surface area contributed by atoms with Crippen LogP contribution >= 0.6 is 0 Å². The van der Waals surface area contributed by atoms with Gasteiger partial charge in [-0.2, -0.15) is 0 Å². The highest BCUT2D eigenvalue weighted by Crippen LogP contribution is 2.40. The largest absolute Gasteiger partial charge is 0.499 e. The van der Waals surface area contributed by atoms with E-state index in [2.05, 4.69) is 6.58 Å². The van der Waals surface area contributed by atoms with E-state index in [-0.39, 0.29) is 6.61 Å². The molecule has 7 nitrogen and oxygen atoms in total. The molecular formula is C21H30O7. The molecule has 0 amide bonds. The summed E-state index contributed by atoms with van der Waals surface area (Å²) in [7, 11) is 7.65. The third-order valence-corrected chi connectivity index (χ3v) is 3.97. The molecule has 0 aliphatic carbocycles. The zero-order valence-corrected chi connectivity index (χ0v) is 17.4. The van der Waals surface area contributed by atoms with Crippen molar-refractivity contribution < 1.29 is 33.5 Å². The van der Waals surface area contributed by atoms with Crippen LogP contribution in [0.1, 0.15) is 18.6 Å². The minimum Gasteiger partial charge on any atom is -0.499 e. The number of hydrogen-bond acceptors (Lipinski definition) is 7. The van der Waals surface area contributed by atoms with Gasteiger partial charge >= 0.3 is 0 Å². The fourth-order valence-electron chi connectivity index (χ4n) is 2.50. The molecule has 0 spiro atoms. The van der Waals surface area contributed by atoms with Crippen molar-refractivity contribution in [3.8, 4) is 17.2 Å². The second-order valence-electron chi connectivity index (χ2n) is 5.60. The standard InChI is InChI=1S/C21H30O7/c1-8-28-20-11-17(18(26-6)12-19(20)27-7)21(22)16(14(2)24-4)10-9-15(25-5)13-23-3/h9-12,21-22H,2,8,13H2,1,3-7H3/b15-9+,16-10+. The summed E-state index contributed by atoms with van der Waals surface area (Å²) in [5.74, 6) is 2.32. The second kappa shape index (κ2) is 11.9. The summed E-state index contributed by atoms with van der Waals surface area (Å²) in [6.07, 6.45) is 2.26. The summed E-state index contributed by atoms with van der Waals surface area (Å²) < 4.78 is 32.0. The number of benzene rings is 1. The van der Waals surface area contributed by atoms with Gasteiger partial charge in [-0.05, 0) is 25.1 Å². The number of rotatable bonds is 12. The fraction of sp³-hybridized carbons (Fsp3) is 0.429. The fourth-order valence-corrected chi connectivity index (χ4v) is 2.50. The quantitative estimate of drug-likeness (QED) is 0.430. The number of methoxy groups -OCH3 is 5. The molecule has 1 N–H and O–H groups in total. The number of ether oxygens (including phenoxy) is 6. The Kier molecular flexibility index (Phi) is 9.98. The van der Waals surface area contributed by atoms with Crippen LogP contribution in [0.25, 0.3) is 0 Å². The zero-order chi connectivity index (χ0) is 21.1. The molecule has 1 unspecified atom stereocenters. The van der Waals surface area contributed by atoms with Crippen LogP contribution in [-0.4, -0.2) is 53.9 Å². The first kappa shape index (κ1) is 23.4. The molecule has 0 aliphatic rings. The van der Waals surface area contributed by atoms with Crippen molar-refractivity contribution in [3.05, 3.63) is 53.5 Å². The van der Waals surface area contributed by atoms with Gasteiger partial charge in [0.25, 0.3) is 0 Å². The van der Waals surface area contributed by atoms with Crippen LogP contribution in [0.4, 0.5) is 0 Å². The molecule has 28 heavy (non-hydrogen) atoms. The first-order valence-electron chi connectivity index (χ1n) is 8.70. The van der Waals surface area contributed by atoms with Gasteiger partial charge in [-0.3, -0.25) is 0 Å². The summed E-state index contributed by atoms with van der Waals surface area (Å²) in [6, 6.07) is 3.34. The van der Waals surface area contributed by atoms with Gasteiger partial charge in [0.05, 0.1) is 35.0 Å². The third-order valence-electron chi connectivity index (χ3n) is 3.97. The van der Waals surface area contributed by atoms with E-state index in [9.17, 15) is 5.11 Å². The summed E-state index contributed by atoms with van der Waals surface area (Å²) in [5, 5.41) is 11.1. The van der Waals surface area contributed by atoms with Gasteiger partial charge in [-0.25, -0.2) is 0 Å². The lowest BCUT2D eigenvalue weighted by molar-refractivity contribution is 0.159. The van der Waals surface area contributed by atoms with Gasteiger partial charge in [0.2, 0.25) is 0 Å². The minimum absolute atomic E-state index is 0.288. The van der Waals surface area contributed by atoms with Gasteiger partial charge < -0.3 is 33.5 Å². The maximum atomic E-state index is 11.1. The van der Waals surface area contributed by atoms with E-state index in [0.29, 0.717) is 46.5 Å². The summed E-state index contributed by atoms with van der Waals surface area (Å²) in [6.45, 7) is 6.47. The van der Waals surface area contributed by atoms with Crippen LogP contribution in [-0.2, 0) is 14.2 Å². The highest BCUT2D eigenvalue weighted by molar-refractivity contribution is 5.54. The first-order valence-corrected chi connectivity index (χ1v) is 8.70. The van der Waals surface area contributed by atoms with Crippen molar-refractivity contribution in [2.24, 2.45) is 0 Å². The Hall–Kier alpha value is -2.64. The molecule has 1 aromatic carbocycles. The molecule has 0 saturated carbocycles. The highest BCUT2D eigenvalue weighted by atomic mass is 16.5. The Morgan fingerprint density at radius 2 is 1.68 bits per heavy atom. The van der Waals surface area contributed by atoms with Crippen molar-refractivity contribution in [1.82, 2.24) is 0 Å². The van der Waals surface area contributed by atoms with E-state index >= 15 is 0 Å². The van der Waals surface area contributed by atoms with Gasteiger partial charge in [0.15, 0.2) is 11.5 Å². The minimum atomic E-state index is -1.09. The summed E-state index contributed by atoms with van der Waals surface area (Å²) >= 11 is 0. The van der Waals surface area contributed by atoms with E-state index in [1.54, 1.807) is 45.6 Å². The van der Waals surface area contributed by atoms with Crippen molar-refractivity contribution in [3.63, 3.8) is 0 Å². The van der Waals surface area contributed by atoms with Crippen LogP contribution in [0.15, 0.2) is 48.0 Å². The van der Waals surface area contributed by atoms with E-state index in [1.807, 2.05) is 6.92 Å². The summed E-state index contributed by atoms with van der Waals surface area (Å²) in [5.41, 5.74) is 0.911. The Labute approximate surface area is 166 Å². The molecule has 156 valence electrons. The zero-order valence-electron chi connectivity index (χ0n) is 17.4. The van der Waals surface area contributed by atoms with Crippen molar-refractivity contribution >= 4 is 0 Å². The summed E-state index contributed by atoms with van der Waals surface area (Å²) in [4.78, 5) is 0. The van der Waals surface area contributed by atoms with Gasteiger partial charge in [0, 0.05) is 24.3 Å². The molecule has 1 rings (SSSR count). The number of aliphatic hydroxyl groups excluding tert-OH is 1. The Bertz CT molecular complexity index is 707. The smallest absolute Gasteiger partial charge is 0.164 e. The van der Waals surface area contributed by atoms with Gasteiger partial charge in [-0.15, -0.1) is 0 Å². The molecule has 0 heterocycles. The maximum Gasteiger partial charge on any atom is 0.164 e. The van der Waals surface area contributed by atoms with Crippen molar-refractivity contribution in [1.29, 1.82) is 0 Å². The van der Waals surface area contributed by atoms with Crippen LogP contribution in [0.2, 0.25) is 0 Å². The second-order valence-corrected chi connectivity index (χ2v) is 5.60. The molecule has 0 radical (unpaired) electrons. The molecule has 7 heteroatoms. The van der Waals surface area contributed by atoms with Gasteiger partial charge in [0.1, 0.15) is 30.0 Å². The monoisotopic (exact) mass is 394 g/mol. The molecule has 0 bridgehead atoms. The van der Waals surface area contributed by atoms with Crippen molar-refractivity contribution in [2.45, 2.75) is 13.0 Å². The predicted octanol–water partition coefficient (Wildman–Crippen LogP) is 3.40. The highest BCUT2D eigenvalue weighted by Gasteiger charge is 2.23. The molecule has 0 aliphatic heterocycles. The molecule has 0 aromatic heterocycles. The number of aliphatic hydroxyl groups is 1. The lowest BCUT2D eigenvalue weighted by atomic mass is 9.98. The SMILES string of the molecule is C=C(OC)/C(=C\C=C(/COC)OC)C(O)c1cc(OCC)c(OC)cc1OC. The third kappa shape index (κ3) is 5.94. The van der Waals surface area contributed by atoms with E-state index < -0.39 is 6.10 Å².